The highest BCUT2D eigenvalue weighted by molar-refractivity contribution is 6.42. The summed E-state index contributed by atoms with van der Waals surface area (Å²) in [5.74, 6) is -0.812. The number of halogens is 2. The fraction of sp³-hybridized carbons (Fsp3) is 0.500. The van der Waals surface area contributed by atoms with Gasteiger partial charge in [0.05, 0.1) is 22.6 Å². The molecule has 0 fully saturated rings. The first-order chi connectivity index (χ1) is 9.43. The Kier molecular flexibility index (Phi) is 7.30. The summed E-state index contributed by atoms with van der Waals surface area (Å²) >= 11 is 11.7. The van der Waals surface area contributed by atoms with Crippen LogP contribution in [0.1, 0.15) is 31.4 Å². The lowest BCUT2D eigenvalue weighted by Gasteiger charge is -2.21. The van der Waals surface area contributed by atoms with Crippen molar-refractivity contribution < 1.29 is 15.0 Å². The fourth-order valence-electron chi connectivity index (χ4n) is 1.87. The van der Waals surface area contributed by atoms with Crippen LogP contribution in [0, 0.1) is 0 Å². The molecule has 1 aromatic rings. The summed E-state index contributed by atoms with van der Waals surface area (Å²) in [7, 11) is 0. The highest BCUT2D eigenvalue weighted by atomic mass is 35.5. The predicted octanol–water partition coefficient (Wildman–Crippen LogP) is 3.21. The SMILES string of the molecule is CCN(CCC(=O)O)CCC(O)c1ccc(Cl)c(Cl)c1. The van der Waals surface area contributed by atoms with Crippen LogP contribution in [-0.2, 0) is 4.79 Å². The van der Waals surface area contributed by atoms with Crippen molar-refractivity contribution >= 4 is 29.2 Å². The molecule has 1 rings (SSSR count). The molecule has 4 nitrogen and oxygen atoms in total. The van der Waals surface area contributed by atoms with Crippen molar-refractivity contribution in [2.24, 2.45) is 0 Å². The molecule has 0 aliphatic heterocycles. The molecule has 0 radical (unpaired) electrons. The minimum absolute atomic E-state index is 0.108. The van der Waals surface area contributed by atoms with Crippen LogP contribution in [0.4, 0.5) is 0 Å². The standard InChI is InChI=1S/C14H19Cl2NO3/c1-2-17(8-6-14(19)20)7-5-13(18)10-3-4-11(15)12(16)9-10/h3-4,9,13,18H,2,5-8H2,1H3,(H,19,20). The number of hydrogen-bond donors (Lipinski definition) is 2. The molecule has 1 aromatic carbocycles. The molecular formula is C14H19Cl2NO3. The van der Waals surface area contributed by atoms with E-state index in [-0.39, 0.29) is 6.42 Å². The Balaban J connectivity index is 2.50. The molecule has 0 spiro atoms. The van der Waals surface area contributed by atoms with Gasteiger partial charge in [-0.3, -0.25) is 4.79 Å². The van der Waals surface area contributed by atoms with Crippen molar-refractivity contribution in [3.05, 3.63) is 33.8 Å². The molecule has 0 heterocycles. The van der Waals surface area contributed by atoms with E-state index >= 15 is 0 Å². The third-order valence-electron chi connectivity index (χ3n) is 3.14. The van der Waals surface area contributed by atoms with Gasteiger partial charge in [-0.2, -0.15) is 0 Å². The number of hydrogen-bond acceptors (Lipinski definition) is 3. The van der Waals surface area contributed by atoms with E-state index in [0.717, 1.165) is 6.54 Å². The number of carboxylic acid groups (broad SMARTS) is 1. The summed E-state index contributed by atoms with van der Waals surface area (Å²) in [5.41, 5.74) is 0.716. The maximum absolute atomic E-state index is 10.5. The number of carbonyl (C=O) groups is 1. The first kappa shape index (κ1) is 17.2. The van der Waals surface area contributed by atoms with E-state index in [4.69, 9.17) is 28.3 Å². The van der Waals surface area contributed by atoms with Crippen LogP contribution in [0.25, 0.3) is 0 Å². The van der Waals surface area contributed by atoms with E-state index in [1.54, 1.807) is 18.2 Å². The molecule has 6 heteroatoms. The largest absolute Gasteiger partial charge is 0.481 e. The molecule has 1 unspecified atom stereocenters. The first-order valence-electron chi connectivity index (χ1n) is 6.51. The molecule has 0 saturated heterocycles. The summed E-state index contributed by atoms with van der Waals surface area (Å²) in [5, 5.41) is 19.7. The summed E-state index contributed by atoms with van der Waals surface area (Å²) < 4.78 is 0. The molecule has 0 saturated carbocycles. The lowest BCUT2D eigenvalue weighted by atomic mass is 10.1. The Hall–Kier alpha value is -0.810. The van der Waals surface area contributed by atoms with E-state index in [2.05, 4.69) is 0 Å². The number of aliphatic hydroxyl groups is 1. The Morgan fingerprint density at radius 3 is 2.55 bits per heavy atom. The monoisotopic (exact) mass is 319 g/mol. The topological polar surface area (TPSA) is 60.8 Å². The summed E-state index contributed by atoms with van der Waals surface area (Å²) in [6.45, 7) is 3.83. The molecule has 0 aliphatic rings. The average molecular weight is 320 g/mol. The summed E-state index contributed by atoms with van der Waals surface area (Å²) in [6, 6.07) is 5.05. The van der Waals surface area contributed by atoms with Gasteiger partial charge < -0.3 is 15.1 Å². The fourth-order valence-corrected chi connectivity index (χ4v) is 2.18. The quantitative estimate of drug-likeness (QED) is 0.772. The van der Waals surface area contributed by atoms with E-state index < -0.39 is 12.1 Å². The lowest BCUT2D eigenvalue weighted by Crippen LogP contribution is -2.28. The third kappa shape index (κ3) is 5.67. The zero-order valence-corrected chi connectivity index (χ0v) is 12.9. The molecule has 0 aromatic heterocycles. The van der Waals surface area contributed by atoms with Crippen molar-refractivity contribution in [3.8, 4) is 0 Å². The van der Waals surface area contributed by atoms with E-state index in [9.17, 15) is 9.90 Å². The zero-order valence-electron chi connectivity index (χ0n) is 11.4. The van der Waals surface area contributed by atoms with Gasteiger partial charge >= 0.3 is 5.97 Å². The van der Waals surface area contributed by atoms with E-state index in [0.29, 0.717) is 35.1 Å². The smallest absolute Gasteiger partial charge is 0.304 e. The predicted molar refractivity (Wildman–Crippen MR) is 80.4 cm³/mol. The Labute approximate surface area is 128 Å². The van der Waals surface area contributed by atoms with Gasteiger partial charge in [0.1, 0.15) is 0 Å². The molecule has 0 aliphatic carbocycles. The second kappa shape index (κ2) is 8.47. The van der Waals surface area contributed by atoms with E-state index in [1.165, 1.54) is 0 Å². The van der Waals surface area contributed by atoms with Gasteiger partial charge in [0.15, 0.2) is 0 Å². The molecular weight excluding hydrogens is 301 g/mol. The molecule has 1 atom stereocenters. The van der Waals surface area contributed by atoms with Gasteiger partial charge in [-0.15, -0.1) is 0 Å². The second-order valence-corrected chi connectivity index (χ2v) is 5.37. The summed E-state index contributed by atoms with van der Waals surface area (Å²) in [4.78, 5) is 12.5. The number of benzene rings is 1. The van der Waals surface area contributed by atoms with Gasteiger partial charge in [0.25, 0.3) is 0 Å². The molecule has 20 heavy (non-hydrogen) atoms. The highest BCUT2D eigenvalue weighted by Gasteiger charge is 2.12. The Bertz CT molecular complexity index is 454. The van der Waals surface area contributed by atoms with Crippen LogP contribution in [0.15, 0.2) is 18.2 Å². The summed E-state index contributed by atoms with van der Waals surface area (Å²) in [6.07, 6.45) is -0.00840. The van der Waals surface area contributed by atoms with E-state index in [1.807, 2.05) is 11.8 Å². The van der Waals surface area contributed by atoms with Crippen molar-refractivity contribution in [2.75, 3.05) is 19.6 Å². The zero-order chi connectivity index (χ0) is 15.1. The van der Waals surface area contributed by atoms with Crippen LogP contribution in [0.3, 0.4) is 0 Å². The van der Waals surface area contributed by atoms with Crippen molar-refractivity contribution in [1.82, 2.24) is 4.90 Å². The Morgan fingerprint density at radius 1 is 1.30 bits per heavy atom. The molecule has 112 valence electrons. The number of aliphatic hydroxyl groups excluding tert-OH is 1. The van der Waals surface area contributed by atoms with Crippen LogP contribution < -0.4 is 0 Å². The maximum Gasteiger partial charge on any atom is 0.304 e. The average Bonchev–Trinajstić information content (AvgIpc) is 2.41. The minimum Gasteiger partial charge on any atom is -0.481 e. The molecule has 0 amide bonds. The minimum atomic E-state index is -0.812. The highest BCUT2D eigenvalue weighted by Crippen LogP contribution is 2.26. The Morgan fingerprint density at radius 2 is 2.00 bits per heavy atom. The normalized spacial score (nSPS) is 12.7. The molecule has 2 N–H and O–H groups in total. The van der Waals surface area contributed by atoms with Gasteiger partial charge in [-0.1, -0.05) is 36.2 Å². The number of carboxylic acids is 1. The number of nitrogens with zero attached hydrogens (tertiary/aromatic N) is 1. The van der Waals surface area contributed by atoms with Crippen molar-refractivity contribution in [2.45, 2.75) is 25.9 Å². The lowest BCUT2D eigenvalue weighted by molar-refractivity contribution is -0.137. The van der Waals surface area contributed by atoms with Crippen molar-refractivity contribution in [3.63, 3.8) is 0 Å². The van der Waals surface area contributed by atoms with Crippen LogP contribution in [0.5, 0.6) is 0 Å². The third-order valence-corrected chi connectivity index (χ3v) is 3.88. The van der Waals surface area contributed by atoms with Gasteiger partial charge in [-0.25, -0.2) is 0 Å². The van der Waals surface area contributed by atoms with Crippen LogP contribution in [0.2, 0.25) is 10.0 Å². The molecule has 0 bridgehead atoms. The number of aliphatic carboxylic acids is 1. The second-order valence-electron chi connectivity index (χ2n) is 4.56. The van der Waals surface area contributed by atoms with Crippen molar-refractivity contribution in [1.29, 1.82) is 0 Å². The maximum atomic E-state index is 10.5. The van der Waals surface area contributed by atoms with Crippen LogP contribution >= 0.6 is 23.2 Å². The van der Waals surface area contributed by atoms with Gasteiger partial charge in [0, 0.05) is 13.1 Å². The number of rotatable bonds is 8. The van der Waals surface area contributed by atoms with Gasteiger partial charge in [0.2, 0.25) is 0 Å². The van der Waals surface area contributed by atoms with Gasteiger partial charge in [-0.05, 0) is 30.7 Å². The van der Waals surface area contributed by atoms with Crippen LogP contribution in [-0.4, -0.2) is 40.7 Å². The first-order valence-corrected chi connectivity index (χ1v) is 7.26.